The molecule has 2 rings (SSSR count). The molecule has 4 nitrogen and oxygen atoms in total. The lowest BCUT2D eigenvalue weighted by molar-refractivity contribution is -0.136. The molecular weight excluding hydrogens is 260 g/mol. The van der Waals surface area contributed by atoms with Gasteiger partial charge < -0.3 is 15.3 Å². The van der Waals surface area contributed by atoms with Gasteiger partial charge in [0.2, 0.25) is 0 Å². The number of thiophene rings is 1. The van der Waals surface area contributed by atoms with Gasteiger partial charge in [0.25, 0.3) is 0 Å². The summed E-state index contributed by atoms with van der Waals surface area (Å²) in [7, 11) is 0. The van der Waals surface area contributed by atoms with Crippen molar-refractivity contribution in [2.45, 2.75) is 38.8 Å². The Morgan fingerprint density at radius 2 is 2.11 bits per heavy atom. The van der Waals surface area contributed by atoms with E-state index in [1.807, 2.05) is 12.1 Å². The third-order valence-corrected chi connectivity index (χ3v) is 4.73. The fourth-order valence-corrected chi connectivity index (χ4v) is 3.42. The summed E-state index contributed by atoms with van der Waals surface area (Å²) in [6, 6.07) is 4.57. The van der Waals surface area contributed by atoms with Crippen molar-refractivity contribution < 1.29 is 9.90 Å². The molecule has 1 fully saturated rings. The van der Waals surface area contributed by atoms with E-state index < -0.39 is 5.97 Å². The summed E-state index contributed by atoms with van der Waals surface area (Å²) in [4.78, 5) is 15.3. The normalized spacial score (nSPS) is 17.7. The average Bonchev–Trinajstić information content (AvgIpc) is 2.84. The zero-order valence-electron chi connectivity index (χ0n) is 11.4. The van der Waals surface area contributed by atoms with Gasteiger partial charge in [0.1, 0.15) is 0 Å². The molecule has 0 spiro atoms. The van der Waals surface area contributed by atoms with E-state index in [0.717, 1.165) is 18.0 Å². The van der Waals surface area contributed by atoms with Gasteiger partial charge in [-0.1, -0.05) is 6.92 Å². The number of likely N-dealkylation sites (tertiary alicyclic amines) is 1. The quantitative estimate of drug-likeness (QED) is 0.837. The van der Waals surface area contributed by atoms with Crippen molar-refractivity contribution in [1.29, 1.82) is 0 Å². The van der Waals surface area contributed by atoms with Gasteiger partial charge in [-0.3, -0.25) is 4.79 Å². The van der Waals surface area contributed by atoms with Gasteiger partial charge in [-0.15, -0.1) is 11.3 Å². The average molecular weight is 282 g/mol. The Balaban J connectivity index is 1.73. The highest BCUT2D eigenvalue weighted by atomic mass is 32.1. The number of rotatable bonds is 6. The highest BCUT2D eigenvalue weighted by molar-refractivity contribution is 7.12. The zero-order valence-corrected chi connectivity index (χ0v) is 12.2. The Morgan fingerprint density at radius 1 is 1.42 bits per heavy atom. The summed E-state index contributed by atoms with van der Waals surface area (Å²) >= 11 is 1.60. The van der Waals surface area contributed by atoms with Crippen LogP contribution in [0, 0.1) is 0 Å². The van der Waals surface area contributed by atoms with Crippen LogP contribution in [0.25, 0.3) is 0 Å². The maximum atomic E-state index is 10.6. The molecule has 1 aliphatic heterocycles. The molecule has 1 aromatic rings. The van der Waals surface area contributed by atoms with E-state index in [9.17, 15) is 4.79 Å². The fourth-order valence-electron chi connectivity index (χ4n) is 2.46. The Hall–Kier alpha value is -0.910. The molecule has 0 bridgehead atoms. The lowest BCUT2D eigenvalue weighted by Crippen LogP contribution is -2.41. The van der Waals surface area contributed by atoms with E-state index in [1.54, 1.807) is 11.3 Å². The molecule has 0 atom stereocenters. The van der Waals surface area contributed by atoms with Crippen molar-refractivity contribution in [3.8, 4) is 0 Å². The lowest BCUT2D eigenvalue weighted by Gasteiger charge is -2.31. The van der Waals surface area contributed by atoms with Crippen molar-refractivity contribution in [3.63, 3.8) is 0 Å². The number of hydrogen-bond donors (Lipinski definition) is 2. The van der Waals surface area contributed by atoms with Gasteiger partial charge in [-0.05, 0) is 44.6 Å². The first-order valence-corrected chi connectivity index (χ1v) is 7.74. The van der Waals surface area contributed by atoms with Crippen LogP contribution in [-0.4, -0.2) is 41.7 Å². The van der Waals surface area contributed by atoms with Crippen molar-refractivity contribution in [1.82, 2.24) is 10.2 Å². The molecule has 0 saturated carbocycles. The van der Waals surface area contributed by atoms with E-state index in [4.69, 9.17) is 5.11 Å². The predicted molar refractivity (Wildman–Crippen MR) is 77.6 cm³/mol. The molecule has 1 saturated heterocycles. The second-order valence-electron chi connectivity index (χ2n) is 5.03. The Labute approximate surface area is 118 Å². The van der Waals surface area contributed by atoms with Crippen LogP contribution in [0.2, 0.25) is 0 Å². The van der Waals surface area contributed by atoms with Gasteiger partial charge in [0.05, 0.1) is 6.42 Å². The van der Waals surface area contributed by atoms with Crippen LogP contribution in [0.1, 0.15) is 29.5 Å². The largest absolute Gasteiger partial charge is 0.481 e. The molecule has 2 heterocycles. The minimum atomic E-state index is -0.756. The van der Waals surface area contributed by atoms with E-state index in [-0.39, 0.29) is 6.42 Å². The highest BCUT2D eigenvalue weighted by Crippen LogP contribution is 2.18. The van der Waals surface area contributed by atoms with Gasteiger partial charge in [-0.25, -0.2) is 0 Å². The number of nitrogens with zero attached hydrogens (tertiary/aromatic N) is 1. The van der Waals surface area contributed by atoms with Gasteiger partial charge in [-0.2, -0.15) is 0 Å². The number of nitrogens with one attached hydrogen (secondary N) is 1. The molecule has 5 heteroatoms. The van der Waals surface area contributed by atoms with E-state index in [1.165, 1.54) is 30.8 Å². The second-order valence-corrected chi connectivity index (χ2v) is 6.28. The minimum absolute atomic E-state index is 0.138. The third-order valence-electron chi connectivity index (χ3n) is 3.64. The fraction of sp³-hybridized carbons (Fsp3) is 0.643. The van der Waals surface area contributed by atoms with Crippen LogP contribution in [-0.2, 0) is 17.8 Å². The number of aliphatic carboxylic acids is 1. The molecule has 0 amide bonds. The molecule has 0 aromatic carbocycles. The number of carboxylic acid groups (broad SMARTS) is 1. The topological polar surface area (TPSA) is 52.6 Å². The van der Waals surface area contributed by atoms with Gasteiger partial charge in [0.15, 0.2) is 0 Å². The minimum Gasteiger partial charge on any atom is -0.481 e. The van der Waals surface area contributed by atoms with Crippen molar-refractivity contribution in [3.05, 3.63) is 21.9 Å². The predicted octanol–water partition coefficient (Wildman–Crippen LogP) is 1.95. The molecular formula is C14H22N2O2S. The highest BCUT2D eigenvalue weighted by Gasteiger charge is 2.17. The van der Waals surface area contributed by atoms with Crippen LogP contribution >= 0.6 is 11.3 Å². The van der Waals surface area contributed by atoms with Crippen molar-refractivity contribution in [2.75, 3.05) is 19.6 Å². The molecule has 0 radical (unpaired) electrons. The number of carboxylic acids is 1. The summed E-state index contributed by atoms with van der Waals surface area (Å²) in [6.07, 6.45) is 2.56. The summed E-state index contributed by atoms with van der Waals surface area (Å²) in [6.45, 7) is 6.59. The summed E-state index contributed by atoms with van der Waals surface area (Å²) in [5.41, 5.74) is 0. The molecule has 0 unspecified atom stereocenters. The van der Waals surface area contributed by atoms with Crippen molar-refractivity contribution >= 4 is 17.3 Å². The molecule has 1 aromatic heterocycles. The number of carbonyl (C=O) groups is 1. The van der Waals surface area contributed by atoms with Crippen LogP contribution in [0.3, 0.4) is 0 Å². The zero-order chi connectivity index (χ0) is 13.7. The van der Waals surface area contributed by atoms with Gasteiger partial charge >= 0.3 is 5.97 Å². The Morgan fingerprint density at radius 3 is 2.74 bits per heavy atom. The molecule has 106 valence electrons. The first kappa shape index (κ1) is 14.5. The maximum Gasteiger partial charge on any atom is 0.308 e. The summed E-state index contributed by atoms with van der Waals surface area (Å²) in [5, 5.41) is 12.3. The van der Waals surface area contributed by atoms with Crippen LogP contribution in [0.5, 0.6) is 0 Å². The SMILES string of the molecule is CCN1CCC(NCc2ccc(CC(=O)O)s2)CC1. The number of hydrogen-bond acceptors (Lipinski definition) is 4. The molecule has 1 aliphatic rings. The van der Waals surface area contributed by atoms with E-state index in [2.05, 4.69) is 17.1 Å². The van der Waals surface area contributed by atoms with E-state index >= 15 is 0 Å². The van der Waals surface area contributed by atoms with Crippen LogP contribution in [0.15, 0.2) is 12.1 Å². The third kappa shape index (κ3) is 4.60. The summed E-state index contributed by atoms with van der Waals surface area (Å²) in [5.74, 6) is -0.756. The summed E-state index contributed by atoms with van der Waals surface area (Å²) < 4.78 is 0. The second kappa shape index (κ2) is 7.03. The molecule has 0 aliphatic carbocycles. The van der Waals surface area contributed by atoms with E-state index in [0.29, 0.717) is 6.04 Å². The smallest absolute Gasteiger partial charge is 0.308 e. The molecule has 2 N–H and O–H groups in total. The molecule has 19 heavy (non-hydrogen) atoms. The maximum absolute atomic E-state index is 10.6. The Kier molecular flexibility index (Phi) is 5.36. The van der Waals surface area contributed by atoms with Crippen molar-refractivity contribution in [2.24, 2.45) is 0 Å². The Bertz CT molecular complexity index is 411. The first-order valence-electron chi connectivity index (χ1n) is 6.92. The van der Waals surface area contributed by atoms with Crippen LogP contribution in [0.4, 0.5) is 0 Å². The monoisotopic (exact) mass is 282 g/mol. The first-order chi connectivity index (χ1) is 9.17. The lowest BCUT2D eigenvalue weighted by atomic mass is 10.1. The standard InChI is InChI=1S/C14H22N2O2S/c1-2-16-7-5-11(6-8-16)15-10-13-4-3-12(19-13)9-14(17)18/h3-4,11,15H,2,5-10H2,1H3,(H,17,18). The number of piperidine rings is 1. The van der Waals surface area contributed by atoms with Crippen LogP contribution < -0.4 is 5.32 Å². The van der Waals surface area contributed by atoms with Gasteiger partial charge in [0, 0.05) is 22.3 Å².